The molecule has 0 heterocycles. The molecular formula is C33H40O. The minimum absolute atomic E-state index is 0.114. The van der Waals surface area contributed by atoms with Gasteiger partial charge < -0.3 is 0 Å². The fourth-order valence-electron chi connectivity index (χ4n) is 5.90. The molecule has 0 N–H and O–H groups in total. The Bertz CT molecular complexity index is 1090. The Labute approximate surface area is 206 Å². The summed E-state index contributed by atoms with van der Waals surface area (Å²) in [6, 6.07) is 24.4. The van der Waals surface area contributed by atoms with Crippen LogP contribution in [0.1, 0.15) is 106 Å². The van der Waals surface area contributed by atoms with Gasteiger partial charge in [0.2, 0.25) is 0 Å². The largest absolute Gasteiger partial charge is 0.295 e. The molecule has 0 bridgehead atoms. The number of unbranched alkanes of at least 4 members (excludes halogenated alkanes) is 6. The number of benzene rings is 3. The minimum Gasteiger partial charge on any atom is -0.295 e. The van der Waals surface area contributed by atoms with Crippen LogP contribution < -0.4 is 0 Å². The number of rotatable bonds is 12. The molecule has 0 saturated carbocycles. The van der Waals surface area contributed by atoms with E-state index in [0.717, 1.165) is 5.56 Å². The van der Waals surface area contributed by atoms with Gasteiger partial charge in [-0.15, -0.1) is 0 Å². The van der Waals surface area contributed by atoms with E-state index in [-0.39, 0.29) is 11.2 Å². The van der Waals surface area contributed by atoms with E-state index in [4.69, 9.17) is 0 Å². The first-order valence-electron chi connectivity index (χ1n) is 13.5. The first-order valence-corrected chi connectivity index (χ1v) is 13.5. The van der Waals surface area contributed by atoms with Gasteiger partial charge in [-0.2, -0.15) is 0 Å². The summed E-state index contributed by atoms with van der Waals surface area (Å²) in [5.74, 6) is 0.120. The van der Waals surface area contributed by atoms with Crippen molar-refractivity contribution < 1.29 is 4.79 Å². The van der Waals surface area contributed by atoms with Crippen molar-refractivity contribution in [1.82, 2.24) is 0 Å². The number of carbonyl (C=O) groups is 1. The molecule has 178 valence electrons. The van der Waals surface area contributed by atoms with Crippen molar-refractivity contribution >= 4 is 5.78 Å². The molecule has 0 unspecified atom stereocenters. The highest BCUT2D eigenvalue weighted by atomic mass is 16.1. The van der Waals surface area contributed by atoms with E-state index < -0.39 is 0 Å². The first-order chi connectivity index (χ1) is 16.6. The van der Waals surface area contributed by atoms with Gasteiger partial charge in [0, 0.05) is 11.0 Å². The zero-order chi connectivity index (χ0) is 24.0. The Hall–Kier alpha value is -2.67. The zero-order valence-electron chi connectivity index (χ0n) is 21.3. The van der Waals surface area contributed by atoms with Crippen molar-refractivity contribution in [2.45, 2.75) is 90.4 Å². The lowest BCUT2D eigenvalue weighted by molar-refractivity contribution is 0.101. The third-order valence-electron chi connectivity index (χ3n) is 7.81. The summed E-state index contributed by atoms with van der Waals surface area (Å²) < 4.78 is 0. The molecule has 0 atom stereocenters. The van der Waals surface area contributed by atoms with E-state index in [1.165, 1.54) is 92.0 Å². The molecule has 1 nitrogen and oxygen atoms in total. The molecule has 0 saturated heterocycles. The number of Topliss-reactive ketones (excluding diaryl/α,β-unsaturated/α-hetero) is 1. The molecule has 3 aromatic carbocycles. The van der Waals surface area contributed by atoms with E-state index in [1.54, 1.807) is 12.5 Å². The quantitative estimate of drug-likeness (QED) is 0.197. The van der Waals surface area contributed by atoms with Gasteiger partial charge in [0.15, 0.2) is 5.78 Å². The van der Waals surface area contributed by atoms with Gasteiger partial charge in [0.25, 0.3) is 0 Å². The van der Waals surface area contributed by atoms with Crippen LogP contribution in [-0.4, -0.2) is 5.78 Å². The van der Waals surface area contributed by atoms with Gasteiger partial charge in [-0.25, -0.2) is 0 Å². The van der Waals surface area contributed by atoms with Crippen LogP contribution in [0.25, 0.3) is 22.3 Å². The highest BCUT2D eigenvalue weighted by molar-refractivity contribution is 5.94. The molecule has 34 heavy (non-hydrogen) atoms. The molecule has 0 radical (unpaired) electrons. The average molecular weight is 453 g/mol. The van der Waals surface area contributed by atoms with Gasteiger partial charge >= 0.3 is 0 Å². The maximum Gasteiger partial charge on any atom is 0.159 e. The topological polar surface area (TPSA) is 17.1 Å². The first kappa shape index (κ1) is 24.5. The van der Waals surface area contributed by atoms with E-state index in [0.29, 0.717) is 0 Å². The van der Waals surface area contributed by atoms with Crippen LogP contribution in [0.2, 0.25) is 0 Å². The van der Waals surface area contributed by atoms with Crippen LogP contribution in [0.5, 0.6) is 0 Å². The number of fused-ring (bicyclic) bond motifs is 3. The molecule has 3 aromatic rings. The SMILES string of the molecule is CCCCCCC1(CCCCCC)c2ccccc2-c2ccc(-c3ccc(C(C)=O)cc3)cc21. The summed E-state index contributed by atoms with van der Waals surface area (Å²) in [5, 5.41) is 0. The second-order valence-electron chi connectivity index (χ2n) is 10.1. The van der Waals surface area contributed by atoms with Crippen molar-refractivity contribution in [3.8, 4) is 22.3 Å². The third-order valence-corrected chi connectivity index (χ3v) is 7.81. The molecule has 0 aromatic heterocycles. The monoisotopic (exact) mass is 452 g/mol. The van der Waals surface area contributed by atoms with E-state index in [1.807, 2.05) is 12.1 Å². The van der Waals surface area contributed by atoms with E-state index in [9.17, 15) is 4.79 Å². The van der Waals surface area contributed by atoms with Crippen LogP contribution in [0.15, 0.2) is 66.7 Å². The summed E-state index contributed by atoms with van der Waals surface area (Å²) in [6.45, 7) is 6.22. The molecule has 0 amide bonds. The summed E-state index contributed by atoms with van der Waals surface area (Å²) in [6.07, 6.45) is 12.9. The number of carbonyl (C=O) groups excluding carboxylic acids is 1. The van der Waals surface area contributed by atoms with Crippen molar-refractivity contribution in [3.63, 3.8) is 0 Å². The Morgan fingerprint density at radius 1 is 0.647 bits per heavy atom. The van der Waals surface area contributed by atoms with Gasteiger partial charge in [-0.05, 0) is 59.2 Å². The van der Waals surface area contributed by atoms with Crippen molar-refractivity contribution in [1.29, 1.82) is 0 Å². The normalized spacial score (nSPS) is 13.5. The van der Waals surface area contributed by atoms with Gasteiger partial charge in [-0.1, -0.05) is 126 Å². The fourth-order valence-corrected chi connectivity index (χ4v) is 5.90. The van der Waals surface area contributed by atoms with Gasteiger partial charge in [0.1, 0.15) is 0 Å². The lowest BCUT2D eigenvalue weighted by Crippen LogP contribution is -2.25. The Kier molecular flexibility index (Phi) is 8.03. The highest BCUT2D eigenvalue weighted by Crippen LogP contribution is 2.54. The van der Waals surface area contributed by atoms with Crippen LogP contribution in [0.3, 0.4) is 0 Å². The Morgan fingerprint density at radius 3 is 1.85 bits per heavy atom. The summed E-state index contributed by atoms with van der Waals surface area (Å²) in [7, 11) is 0. The number of hydrogen-bond acceptors (Lipinski definition) is 1. The van der Waals surface area contributed by atoms with Crippen molar-refractivity contribution in [2.24, 2.45) is 0 Å². The zero-order valence-corrected chi connectivity index (χ0v) is 21.3. The fraction of sp³-hybridized carbons (Fsp3) is 0.424. The second kappa shape index (κ2) is 11.2. The van der Waals surface area contributed by atoms with Gasteiger partial charge in [0.05, 0.1) is 0 Å². The molecule has 0 aliphatic heterocycles. The van der Waals surface area contributed by atoms with Crippen LogP contribution in [0.4, 0.5) is 0 Å². The highest BCUT2D eigenvalue weighted by Gasteiger charge is 2.42. The van der Waals surface area contributed by atoms with Crippen molar-refractivity contribution in [3.05, 3.63) is 83.4 Å². The molecule has 4 rings (SSSR count). The summed E-state index contributed by atoms with van der Waals surface area (Å²) in [4.78, 5) is 11.8. The molecule has 0 spiro atoms. The average Bonchev–Trinajstić information content (AvgIpc) is 3.14. The predicted molar refractivity (Wildman–Crippen MR) is 146 cm³/mol. The Balaban J connectivity index is 1.77. The maximum atomic E-state index is 11.8. The lowest BCUT2D eigenvalue weighted by atomic mass is 9.70. The molecule has 0 fully saturated rings. The van der Waals surface area contributed by atoms with Gasteiger partial charge in [-0.3, -0.25) is 4.79 Å². The maximum absolute atomic E-state index is 11.8. The number of hydrogen-bond donors (Lipinski definition) is 0. The van der Waals surface area contributed by atoms with Crippen LogP contribution >= 0.6 is 0 Å². The smallest absolute Gasteiger partial charge is 0.159 e. The molecular weight excluding hydrogens is 412 g/mol. The number of ketones is 1. The summed E-state index contributed by atoms with van der Waals surface area (Å²) >= 11 is 0. The predicted octanol–water partition coefficient (Wildman–Crippen LogP) is 9.76. The minimum atomic E-state index is 0.114. The molecule has 1 aliphatic carbocycles. The van der Waals surface area contributed by atoms with Crippen LogP contribution in [0, 0.1) is 0 Å². The molecule has 1 heteroatoms. The summed E-state index contributed by atoms with van der Waals surface area (Å²) in [5.41, 5.74) is 9.26. The van der Waals surface area contributed by atoms with E-state index in [2.05, 4.69) is 68.4 Å². The van der Waals surface area contributed by atoms with E-state index >= 15 is 0 Å². The lowest BCUT2D eigenvalue weighted by Gasteiger charge is -2.33. The second-order valence-corrected chi connectivity index (χ2v) is 10.1. The van der Waals surface area contributed by atoms with Crippen LogP contribution in [-0.2, 0) is 5.41 Å². The molecule has 1 aliphatic rings. The Morgan fingerprint density at radius 2 is 1.24 bits per heavy atom. The standard InChI is InChI=1S/C33H40O/c1-4-6-8-12-22-33(23-13-9-7-5-2)31-15-11-10-14-29(31)30-21-20-28(24-32(30)33)27-18-16-26(17-19-27)25(3)34/h10-11,14-21,24H,4-9,12-13,22-23H2,1-3H3. The van der Waals surface area contributed by atoms with Crippen molar-refractivity contribution in [2.75, 3.05) is 0 Å². The third kappa shape index (κ3) is 4.90.